The van der Waals surface area contributed by atoms with Gasteiger partial charge in [0.05, 0.1) is 11.4 Å². The average Bonchev–Trinajstić information content (AvgIpc) is 2.33. The van der Waals surface area contributed by atoms with E-state index in [1.807, 2.05) is 0 Å². The lowest BCUT2D eigenvalue weighted by molar-refractivity contribution is 0.0966. The molecule has 4 nitrogen and oxygen atoms in total. The highest BCUT2D eigenvalue weighted by molar-refractivity contribution is 5.97. The first-order chi connectivity index (χ1) is 8.08. The summed E-state index contributed by atoms with van der Waals surface area (Å²) in [4.78, 5) is 14.1. The number of anilines is 2. The summed E-state index contributed by atoms with van der Waals surface area (Å²) in [5, 5.41) is 0. The SMILES string of the molecule is CCN(CC)CCC(=O)c1ccc(N)c(N)c1. The van der Waals surface area contributed by atoms with E-state index in [9.17, 15) is 4.79 Å². The summed E-state index contributed by atoms with van der Waals surface area (Å²) in [5.41, 5.74) is 12.9. The number of nitrogens with two attached hydrogens (primary N) is 2. The van der Waals surface area contributed by atoms with Gasteiger partial charge in [-0.15, -0.1) is 0 Å². The van der Waals surface area contributed by atoms with Gasteiger partial charge in [0.25, 0.3) is 0 Å². The molecule has 94 valence electrons. The number of nitrogen functional groups attached to an aromatic ring is 2. The third kappa shape index (κ3) is 3.75. The van der Waals surface area contributed by atoms with E-state index in [1.165, 1.54) is 0 Å². The van der Waals surface area contributed by atoms with Crippen LogP contribution in [0.4, 0.5) is 11.4 Å². The first-order valence-electron chi connectivity index (χ1n) is 5.99. The maximum atomic E-state index is 11.9. The Morgan fingerprint density at radius 1 is 1.18 bits per heavy atom. The van der Waals surface area contributed by atoms with Crippen LogP contribution < -0.4 is 11.5 Å². The van der Waals surface area contributed by atoms with Crippen molar-refractivity contribution in [3.05, 3.63) is 23.8 Å². The first kappa shape index (κ1) is 13.5. The minimum absolute atomic E-state index is 0.114. The van der Waals surface area contributed by atoms with Crippen LogP contribution in [0.25, 0.3) is 0 Å². The molecule has 0 amide bonds. The van der Waals surface area contributed by atoms with Gasteiger partial charge >= 0.3 is 0 Å². The van der Waals surface area contributed by atoms with Crippen LogP contribution in [0.2, 0.25) is 0 Å². The van der Waals surface area contributed by atoms with Crippen molar-refractivity contribution in [1.29, 1.82) is 0 Å². The molecule has 0 spiro atoms. The van der Waals surface area contributed by atoms with Crippen LogP contribution in [-0.4, -0.2) is 30.3 Å². The molecular formula is C13H21N3O. The van der Waals surface area contributed by atoms with E-state index in [0.29, 0.717) is 23.4 Å². The Morgan fingerprint density at radius 3 is 2.35 bits per heavy atom. The molecule has 4 N–H and O–H groups in total. The molecule has 0 aliphatic carbocycles. The predicted octanol–water partition coefficient (Wildman–Crippen LogP) is 1.77. The molecule has 0 unspecified atom stereocenters. The van der Waals surface area contributed by atoms with E-state index in [-0.39, 0.29) is 5.78 Å². The van der Waals surface area contributed by atoms with Gasteiger partial charge in [0.1, 0.15) is 0 Å². The summed E-state index contributed by atoms with van der Waals surface area (Å²) in [6.45, 7) is 6.90. The van der Waals surface area contributed by atoms with Crippen LogP contribution in [0.15, 0.2) is 18.2 Å². The standard InChI is InChI=1S/C13H21N3O/c1-3-16(4-2)8-7-13(17)10-5-6-11(14)12(15)9-10/h5-6,9H,3-4,7-8,14-15H2,1-2H3. The van der Waals surface area contributed by atoms with E-state index in [4.69, 9.17) is 11.5 Å². The second-order valence-electron chi connectivity index (χ2n) is 4.04. The lowest BCUT2D eigenvalue weighted by atomic mass is 10.1. The molecule has 1 aromatic carbocycles. The highest BCUT2D eigenvalue weighted by atomic mass is 16.1. The molecule has 0 heterocycles. The summed E-state index contributed by atoms with van der Waals surface area (Å²) < 4.78 is 0. The molecule has 4 heteroatoms. The monoisotopic (exact) mass is 235 g/mol. The Hall–Kier alpha value is -1.55. The largest absolute Gasteiger partial charge is 0.397 e. The van der Waals surface area contributed by atoms with Gasteiger partial charge in [0.2, 0.25) is 0 Å². The van der Waals surface area contributed by atoms with Gasteiger partial charge in [-0.25, -0.2) is 0 Å². The number of carbonyl (C=O) groups excluding carboxylic acids is 1. The van der Waals surface area contributed by atoms with E-state index < -0.39 is 0 Å². The minimum Gasteiger partial charge on any atom is -0.397 e. The summed E-state index contributed by atoms with van der Waals surface area (Å²) in [7, 11) is 0. The molecule has 0 saturated carbocycles. The van der Waals surface area contributed by atoms with E-state index in [0.717, 1.165) is 19.6 Å². The zero-order valence-corrected chi connectivity index (χ0v) is 10.6. The topological polar surface area (TPSA) is 72.3 Å². The second kappa shape index (κ2) is 6.25. The van der Waals surface area contributed by atoms with Crippen molar-refractivity contribution in [1.82, 2.24) is 4.90 Å². The van der Waals surface area contributed by atoms with Gasteiger partial charge in [0, 0.05) is 18.5 Å². The van der Waals surface area contributed by atoms with E-state index in [1.54, 1.807) is 18.2 Å². The molecule has 0 bridgehead atoms. The van der Waals surface area contributed by atoms with Crippen molar-refractivity contribution >= 4 is 17.2 Å². The third-order valence-electron chi connectivity index (χ3n) is 2.96. The van der Waals surface area contributed by atoms with Gasteiger partial charge in [-0.05, 0) is 31.3 Å². The zero-order chi connectivity index (χ0) is 12.8. The van der Waals surface area contributed by atoms with E-state index in [2.05, 4.69) is 18.7 Å². The van der Waals surface area contributed by atoms with Gasteiger partial charge in [0.15, 0.2) is 5.78 Å². The van der Waals surface area contributed by atoms with Crippen LogP contribution in [0.3, 0.4) is 0 Å². The lowest BCUT2D eigenvalue weighted by Crippen LogP contribution is -2.25. The molecule has 0 radical (unpaired) electrons. The molecule has 0 atom stereocenters. The summed E-state index contributed by atoms with van der Waals surface area (Å²) in [5.74, 6) is 0.114. The number of rotatable bonds is 6. The Morgan fingerprint density at radius 2 is 1.82 bits per heavy atom. The maximum absolute atomic E-state index is 11.9. The predicted molar refractivity (Wildman–Crippen MR) is 72.0 cm³/mol. The lowest BCUT2D eigenvalue weighted by Gasteiger charge is -2.17. The van der Waals surface area contributed by atoms with Crippen molar-refractivity contribution in [3.8, 4) is 0 Å². The molecule has 0 aliphatic rings. The average molecular weight is 235 g/mol. The molecular weight excluding hydrogens is 214 g/mol. The Labute approximate surface area is 103 Å². The number of nitrogens with zero attached hydrogens (tertiary/aromatic N) is 1. The normalized spacial score (nSPS) is 10.8. The van der Waals surface area contributed by atoms with Crippen molar-refractivity contribution in [2.24, 2.45) is 0 Å². The van der Waals surface area contributed by atoms with E-state index >= 15 is 0 Å². The van der Waals surface area contributed by atoms with Crippen molar-refractivity contribution in [3.63, 3.8) is 0 Å². The molecule has 0 fully saturated rings. The summed E-state index contributed by atoms with van der Waals surface area (Å²) >= 11 is 0. The number of hydrogen-bond donors (Lipinski definition) is 2. The molecule has 1 aromatic rings. The van der Waals surface area contributed by atoms with Crippen molar-refractivity contribution in [2.45, 2.75) is 20.3 Å². The van der Waals surface area contributed by atoms with Crippen LogP contribution in [0, 0.1) is 0 Å². The number of benzene rings is 1. The van der Waals surface area contributed by atoms with Gasteiger partial charge < -0.3 is 16.4 Å². The van der Waals surface area contributed by atoms with Crippen molar-refractivity contribution < 1.29 is 4.79 Å². The molecule has 17 heavy (non-hydrogen) atoms. The van der Waals surface area contributed by atoms with Crippen LogP contribution in [-0.2, 0) is 0 Å². The molecule has 1 rings (SSSR count). The third-order valence-corrected chi connectivity index (χ3v) is 2.96. The number of hydrogen-bond acceptors (Lipinski definition) is 4. The van der Waals surface area contributed by atoms with Gasteiger partial charge in [-0.1, -0.05) is 13.8 Å². The Bertz CT molecular complexity index is 386. The number of ketones is 1. The highest BCUT2D eigenvalue weighted by Gasteiger charge is 2.09. The van der Waals surface area contributed by atoms with Gasteiger partial charge in [-0.3, -0.25) is 4.79 Å². The number of Topliss-reactive ketones (excluding diaryl/α,β-unsaturated/α-hetero) is 1. The Kier molecular flexibility index (Phi) is 4.97. The zero-order valence-electron chi connectivity index (χ0n) is 10.6. The van der Waals surface area contributed by atoms with Crippen LogP contribution in [0.5, 0.6) is 0 Å². The fraction of sp³-hybridized carbons (Fsp3) is 0.462. The second-order valence-corrected chi connectivity index (χ2v) is 4.04. The quantitative estimate of drug-likeness (QED) is 0.582. The first-order valence-corrected chi connectivity index (χ1v) is 5.99. The van der Waals surface area contributed by atoms with Crippen LogP contribution >= 0.6 is 0 Å². The summed E-state index contributed by atoms with van der Waals surface area (Å²) in [6, 6.07) is 5.07. The fourth-order valence-corrected chi connectivity index (χ4v) is 1.69. The van der Waals surface area contributed by atoms with Crippen molar-refractivity contribution in [2.75, 3.05) is 31.1 Å². The molecule has 0 aromatic heterocycles. The van der Waals surface area contributed by atoms with Gasteiger partial charge in [-0.2, -0.15) is 0 Å². The number of carbonyl (C=O) groups is 1. The van der Waals surface area contributed by atoms with Crippen LogP contribution in [0.1, 0.15) is 30.6 Å². The smallest absolute Gasteiger partial charge is 0.164 e. The molecule has 0 saturated heterocycles. The Balaban J connectivity index is 2.61. The fourth-order valence-electron chi connectivity index (χ4n) is 1.69. The highest BCUT2D eigenvalue weighted by Crippen LogP contribution is 2.17. The maximum Gasteiger partial charge on any atom is 0.164 e. The summed E-state index contributed by atoms with van der Waals surface area (Å²) in [6.07, 6.45) is 0.519. The molecule has 0 aliphatic heterocycles. The minimum atomic E-state index is 0.114.